The molecular formula is C20H32O. The Balaban J connectivity index is 0. The maximum atomic E-state index is 5.71. The molecule has 0 aliphatic rings. The molecule has 0 spiro atoms. The molecule has 0 aliphatic carbocycles. The van der Waals surface area contributed by atoms with Crippen LogP contribution < -0.4 is 4.74 Å². The van der Waals surface area contributed by atoms with E-state index in [0.717, 1.165) is 11.5 Å². The van der Waals surface area contributed by atoms with Crippen molar-refractivity contribution < 1.29 is 4.74 Å². The summed E-state index contributed by atoms with van der Waals surface area (Å²) in [5.41, 5.74) is 2.45. The highest BCUT2D eigenvalue weighted by Crippen LogP contribution is 2.22. The van der Waals surface area contributed by atoms with Crippen LogP contribution in [0.15, 0.2) is 48.5 Å². The summed E-state index contributed by atoms with van der Waals surface area (Å²) >= 11 is 0. The summed E-state index contributed by atoms with van der Waals surface area (Å²) in [5, 5.41) is 0. The Morgan fingerprint density at radius 3 is 1.57 bits per heavy atom. The van der Waals surface area contributed by atoms with Crippen LogP contribution in [0.5, 0.6) is 11.5 Å². The highest BCUT2D eigenvalue weighted by molar-refractivity contribution is 5.34. The summed E-state index contributed by atoms with van der Waals surface area (Å²) < 4.78 is 5.71. The molecule has 0 atom stereocenters. The van der Waals surface area contributed by atoms with Gasteiger partial charge in [0.1, 0.15) is 11.5 Å². The van der Waals surface area contributed by atoms with E-state index in [4.69, 9.17) is 4.74 Å². The van der Waals surface area contributed by atoms with E-state index < -0.39 is 0 Å². The second kappa shape index (κ2) is 14.6. The van der Waals surface area contributed by atoms with Crippen LogP contribution in [-0.2, 0) is 0 Å². The zero-order valence-corrected chi connectivity index (χ0v) is 15.0. The molecule has 0 N–H and O–H groups in total. The first-order valence-electron chi connectivity index (χ1n) is 8.05. The van der Waals surface area contributed by atoms with Crippen LogP contribution in [0.2, 0.25) is 0 Å². The lowest BCUT2D eigenvalue weighted by atomic mass is 10.2. The molecule has 0 heterocycles. The smallest absolute Gasteiger partial charge is 0.127 e. The Hall–Kier alpha value is -1.76. The van der Waals surface area contributed by atoms with Crippen molar-refractivity contribution in [1.82, 2.24) is 0 Å². The average Bonchev–Trinajstić information content (AvgIpc) is 2.55. The molecule has 0 aromatic heterocycles. The number of hydrogen-bond acceptors (Lipinski definition) is 1. The van der Waals surface area contributed by atoms with Gasteiger partial charge in [0.05, 0.1) is 0 Å². The fraction of sp³-hybridized carbons (Fsp3) is 0.400. The van der Waals surface area contributed by atoms with Gasteiger partial charge in [-0.3, -0.25) is 0 Å². The van der Waals surface area contributed by atoms with E-state index in [0.29, 0.717) is 0 Å². The van der Waals surface area contributed by atoms with Crippen LogP contribution in [0.1, 0.15) is 52.7 Å². The second-order valence-electron chi connectivity index (χ2n) is 3.73. The van der Waals surface area contributed by atoms with E-state index in [9.17, 15) is 0 Å². The molecule has 0 amide bonds. The number of aryl methyl sites for hydroxylation is 2. The molecule has 0 unspecified atom stereocenters. The predicted molar refractivity (Wildman–Crippen MR) is 96.5 cm³/mol. The third-order valence-electron chi connectivity index (χ3n) is 2.25. The Bertz CT molecular complexity index is 444. The first-order valence-corrected chi connectivity index (χ1v) is 8.05. The standard InChI is InChI=1S/C14H14O.3C2H6/c1-11-6-8-13(9-7-11)15-14-5-3-4-12(2)10-14;3*1-2/h3-10H,1-2H3;3*1-2H3. The Morgan fingerprint density at radius 2 is 1.10 bits per heavy atom. The van der Waals surface area contributed by atoms with Gasteiger partial charge < -0.3 is 4.74 Å². The Labute approximate surface area is 132 Å². The molecule has 0 fully saturated rings. The number of hydrogen-bond donors (Lipinski definition) is 0. The number of benzene rings is 2. The van der Waals surface area contributed by atoms with Gasteiger partial charge in [0.25, 0.3) is 0 Å². The van der Waals surface area contributed by atoms with Crippen LogP contribution in [0.3, 0.4) is 0 Å². The van der Waals surface area contributed by atoms with Crippen LogP contribution in [0.4, 0.5) is 0 Å². The minimum absolute atomic E-state index is 0.881. The summed E-state index contributed by atoms with van der Waals surface area (Å²) in [4.78, 5) is 0. The number of ether oxygens (including phenoxy) is 1. The minimum Gasteiger partial charge on any atom is -0.457 e. The van der Waals surface area contributed by atoms with Crippen LogP contribution >= 0.6 is 0 Å². The zero-order valence-electron chi connectivity index (χ0n) is 15.0. The van der Waals surface area contributed by atoms with Gasteiger partial charge in [-0.25, -0.2) is 0 Å². The molecular weight excluding hydrogens is 256 g/mol. The zero-order chi connectivity index (χ0) is 16.7. The number of rotatable bonds is 2. The molecule has 21 heavy (non-hydrogen) atoms. The van der Waals surface area contributed by atoms with Crippen molar-refractivity contribution in [3.05, 3.63) is 59.7 Å². The summed E-state index contributed by atoms with van der Waals surface area (Å²) in [6.07, 6.45) is 0. The Morgan fingerprint density at radius 1 is 0.571 bits per heavy atom. The lowest BCUT2D eigenvalue weighted by molar-refractivity contribution is 0.482. The molecule has 0 aliphatic heterocycles. The van der Waals surface area contributed by atoms with E-state index >= 15 is 0 Å². The second-order valence-corrected chi connectivity index (χ2v) is 3.73. The summed E-state index contributed by atoms with van der Waals surface area (Å²) in [6.45, 7) is 16.1. The first-order chi connectivity index (χ1) is 10.2. The van der Waals surface area contributed by atoms with E-state index in [2.05, 4.69) is 19.9 Å². The topological polar surface area (TPSA) is 9.23 Å². The van der Waals surface area contributed by atoms with Crippen molar-refractivity contribution >= 4 is 0 Å². The monoisotopic (exact) mass is 288 g/mol. The normalized spacial score (nSPS) is 8.00. The van der Waals surface area contributed by atoms with E-state index in [1.807, 2.05) is 84.0 Å². The van der Waals surface area contributed by atoms with Crippen LogP contribution in [0.25, 0.3) is 0 Å². The average molecular weight is 288 g/mol. The summed E-state index contributed by atoms with van der Waals surface area (Å²) in [7, 11) is 0. The maximum Gasteiger partial charge on any atom is 0.127 e. The van der Waals surface area contributed by atoms with Gasteiger partial charge in [-0.05, 0) is 43.7 Å². The molecule has 0 saturated carbocycles. The first kappa shape index (κ1) is 21.5. The van der Waals surface area contributed by atoms with Gasteiger partial charge in [-0.2, -0.15) is 0 Å². The highest BCUT2D eigenvalue weighted by atomic mass is 16.5. The van der Waals surface area contributed by atoms with Gasteiger partial charge in [-0.1, -0.05) is 71.4 Å². The third kappa shape index (κ3) is 9.73. The predicted octanol–water partition coefficient (Wildman–Crippen LogP) is 7.17. The lowest BCUT2D eigenvalue weighted by Crippen LogP contribution is -1.84. The summed E-state index contributed by atoms with van der Waals surface area (Å²) in [5.74, 6) is 1.77. The van der Waals surface area contributed by atoms with Gasteiger partial charge in [-0.15, -0.1) is 0 Å². The molecule has 0 saturated heterocycles. The summed E-state index contributed by atoms with van der Waals surface area (Å²) in [6, 6.07) is 16.1. The fourth-order valence-electron chi connectivity index (χ4n) is 1.42. The molecule has 2 aromatic rings. The molecule has 0 radical (unpaired) electrons. The van der Waals surface area contributed by atoms with E-state index in [1.54, 1.807) is 0 Å². The van der Waals surface area contributed by atoms with Crippen molar-refractivity contribution in [3.8, 4) is 11.5 Å². The third-order valence-corrected chi connectivity index (χ3v) is 2.25. The minimum atomic E-state index is 0.881. The van der Waals surface area contributed by atoms with Crippen molar-refractivity contribution in [3.63, 3.8) is 0 Å². The van der Waals surface area contributed by atoms with Crippen molar-refractivity contribution in [2.75, 3.05) is 0 Å². The fourth-order valence-corrected chi connectivity index (χ4v) is 1.42. The molecule has 118 valence electrons. The van der Waals surface area contributed by atoms with Crippen molar-refractivity contribution in [2.45, 2.75) is 55.4 Å². The quantitative estimate of drug-likeness (QED) is 0.569. The molecule has 0 bridgehead atoms. The van der Waals surface area contributed by atoms with E-state index in [-0.39, 0.29) is 0 Å². The van der Waals surface area contributed by atoms with Gasteiger partial charge in [0.15, 0.2) is 0 Å². The van der Waals surface area contributed by atoms with Gasteiger partial charge >= 0.3 is 0 Å². The largest absolute Gasteiger partial charge is 0.457 e. The van der Waals surface area contributed by atoms with Crippen LogP contribution in [-0.4, -0.2) is 0 Å². The molecule has 1 nitrogen and oxygen atoms in total. The molecule has 1 heteroatoms. The van der Waals surface area contributed by atoms with Crippen LogP contribution in [0, 0.1) is 13.8 Å². The molecule has 2 aromatic carbocycles. The van der Waals surface area contributed by atoms with Crippen molar-refractivity contribution in [2.24, 2.45) is 0 Å². The highest BCUT2D eigenvalue weighted by Gasteiger charge is 1.96. The SMILES string of the molecule is CC.CC.CC.Cc1ccc(Oc2cccc(C)c2)cc1. The van der Waals surface area contributed by atoms with Gasteiger partial charge in [0.2, 0.25) is 0 Å². The lowest BCUT2D eigenvalue weighted by Gasteiger charge is -2.06. The Kier molecular flexibility index (Phi) is 15.0. The maximum absolute atomic E-state index is 5.71. The van der Waals surface area contributed by atoms with E-state index in [1.165, 1.54) is 11.1 Å². The molecule has 2 rings (SSSR count). The van der Waals surface area contributed by atoms with Gasteiger partial charge in [0, 0.05) is 0 Å². The van der Waals surface area contributed by atoms with Crippen molar-refractivity contribution in [1.29, 1.82) is 0 Å².